The van der Waals surface area contributed by atoms with Crippen LogP contribution in [-0.2, 0) is 42.5 Å². The summed E-state index contributed by atoms with van der Waals surface area (Å²) in [5.41, 5.74) is 4.46. The van der Waals surface area contributed by atoms with Gasteiger partial charge in [-0.1, -0.05) is 24.3 Å². The molecule has 5 aromatic rings. The van der Waals surface area contributed by atoms with Gasteiger partial charge >= 0.3 is 26.3 Å². The number of nitrogens with two attached hydrogens (primary N) is 1. The zero-order chi connectivity index (χ0) is 42.3. The fourth-order valence-corrected chi connectivity index (χ4v) is 10.4. The lowest BCUT2D eigenvalue weighted by molar-refractivity contribution is -0.138. The van der Waals surface area contributed by atoms with E-state index in [1.165, 1.54) is 48.5 Å². The normalized spacial score (nSPS) is 30.1. The molecule has 6 heterocycles. The number of alkyl halides is 2. The number of nitrogen functional groups attached to an aromatic ring is 1. The van der Waals surface area contributed by atoms with Gasteiger partial charge in [-0.25, -0.2) is 47.7 Å². The van der Waals surface area contributed by atoms with Crippen LogP contribution >= 0.6 is 26.0 Å². The first-order valence-electron chi connectivity index (χ1n) is 17.3. The summed E-state index contributed by atoms with van der Waals surface area (Å²) in [4.78, 5) is 66.1. The number of aromatic nitrogens is 6. The van der Waals surface area contributed by atoms with Crippen LogP contribution in [0.25, 0.3) is 11.2 Å². The minimum Gasteiger partial charge on any atom is -0.465 e. The number of hydrogen-bond acceptors (Lipinski definition) is 19. The number of esters is 1. The van der Waals surface area contributed by atoms with Gasteiger partial charge in [-0.2, -0.15) is 0 Å². The van der Waals surface area contributed by atoms with Crippen molar-refractivity contribution in [3.8, 4) is 11.5 Å². The first kappa shape index (κ1) is 41.3. The lowest BCUT2D eigenvalue weighted by Gasteiger charge is -2.24. The maximum atomic E-state index is 16.6. The summed E-state index contributed by atoms with van der Waals surface area (Å²) >= 11 is 0.517. The Labute approximate surface area is 337 Å². The van der Waals surface area contributed by atoms with Crippen molar-refractivity contribution in [1.29, 1.82) is 0 Å². The SMILES string of the molecule is Nc1ncnc2c1ncn2[C@@H]1O/C2=C\OP(=O)(O)O[C@@H]3[C@H](F)[C@@H](COP(=O)(SCc4ccc(OC(=O)c5ccccc5OO)cc4)O[C@H]2[C@H]1F)O[C@H]3n1ccc(=O)[nH]c1=O. The second kappa shape index (κ2) is 16.5. The molecule has 2 unspecified atom stereocenters. The third kappa shape index (κ3) is 8.31. The number of fused-ring (bicyclic) bond motifs is 4. The van der Waals surface area contributed by atoms with Crippen molar-refractivity contribution in [2.24, 2.45) is 0 Å². The van der Waals surface area contributed by atoms with Gasteiger partial charge in [-0.05, 0) is 41.2 Å². The van der Waals surface area contributed by atoms with Gasteiger partial charge in [0.2, 0.25) is 6.23 Å². The Morgan fingerprint density at radius 3 is 2.57 bits per heavy atom. The molecule has 60 heavy (non-hydrogen) atoms. The molecule has 9 atom stereocenters. The molecule has 0 aliphatic carbocycles. The molecular formula is C33H29F2N7O15P2S. The molecule has 2 bridgehead atoms. The predicted octanol–water partition coefficient (Wildman–Crippen LogP) is 3.93. The molecule has 8 rings (SSSR count). The van der Waals surface area contributed by atoms with Crippen LogP contribution in [0, 0.1) is 0 Å². The van der Waals surface area contributed by atoms with E-state index in [0.29, 0.717) is 27.8 Å². The highest BCUT2D eigenvalue weighted by Crippen LogP contribution is 2.65. The van der Waals surface area contributed by atoms with Crippen LogP contribution in [0.4, 0.5) is 14.6 Å². The van der Waals surface area contributed by atoms with Crippen LogP contribution in [0.1, 0.15) is 28.4 Å². The number of carbonyl (C=O) groups excluding carboxylic acids is 1. The van der Waals surface area contributed by atoms with E-state index < -0.39 is 87.3 Å². The number of aromatic amines is 1. The topological polar surface area (TPSA) is 290 Å². The van der Waals surface area contributed by atoms with Crippen molar-refractivity contribution in [2.75, 3.05) is 12.3 Å². The Morgan fingerprint density at radius 1 is 1.02 bits per heavy atom. The van der Waals surface area contributed by atoms with E-state index in [1.54, 1.807) is 0 Å². The Bertz CT molecular complexity index is 2690. The smallest absolute Gasteiger partial charge is 0.465 e. The first-order chi connectivity index (χ1) is 28.7. The van der Waals surface area contributed by atoms with Crippen molar-refractivity contribution in [2.45, 2.75) is 48.9 Å². The monoisotopic (exact) mass is 895 g/mol. The summed E-state index contributed by atoms with van der Waals surface area (Å²) < 4.78 is 101. The van der Waals surface area contributed by atoms with Crippen molar-refractivity contribution >= 4 is 49.0 Å². The molecule has 27 heteroatoms. The molecule has 2 aromatic carbocycles. The lowest BCUT2D eigenvalue weighted by Crippen LogP contribution is -2.37. The van der Waals surface area contributed by atoms with Crippen LogP contribution in [0.15, 0.2) is 95.1 Å². The number of nitrogens with zero attached hydrogens (tertiary/aromatic N) is 5. The molecule has 2 saturated heterocycles. The zero-order valence-electron chi connectivity index (χ0n) is 30.0. The van der Waals surface area contributed by atoms with Crippen molar-refractivity contribution in [1.82, 2.24) is 29.1 Å². The molecule has 0 amide bonds. The van der Waals surface area contributed by atoms with Crippen molar-refractivity contribution < 1.29 is 70.0 Å². The number of carbonyl (C=O) groups is 1. The van der Waals surface area contributed by atoms with E-state index in [4.69, 9.17) is 43.3 Å². The van der Waals surface area contributed by atoms with E-state index in [1.807, 2.05) is 4.98 Å². The summed E-state index contributed by atoms with van der Waals surface area (Å²) in [5, 5.41) is 9.09. The molecule has 0 spiro atoms. The van der Waals surface area contributed by atoms with Gasteiger partial charge in [-0.15, -0.1) is 0 Å². The molecular weight excluding hydrogens is 866 g/mol. The summed E-state index contributed by atoms with van der Waals surface area (Å²) in [6, 6.07) is 12.5. The van der Waals surface area contributed by atoms with Gasteiger partial charge in [0.25, 0.3) is 5.56 Å². The third-order valence-corrected chi connectivity index (χ3v) is 13.6. The predicted molar refractivity (Wildman–Crippen MR) is 200 cm³/mol. The summed E-state index contributed by atoms with van der Waals surface area (Å²) in [5.74, 6) is -1.77. The van der Waals surface area contributed by atoms with Gasteiger partial charge in [0.15, 0.2) is 47.6 Å². The first-order valence-corrected chi connectivity index (χ1v) is 21.9. The van der Waals surface area contributed by atoms with Crippen molar-refractivity contribution in [3.63, 3.8) is 0 Å². The summed E-state index contributed by atoms with van der Waals surface area (Å²) in [7, 11) is -5.39. The molecule has 22 nitrogen and oxygen atoms in total. The lowest BCUT2D eigenvalue weighted by atomic mass is 10.1. The fraction of sp³-hybridized carbons (Fsp3) is 0.273. The van der Waals surface area contributed by atoms with Gasteiger partial charge in [-0.3, -0.25) is 37.4 Å². The number of ether oxygens (including phenoxy) is 3. The van der Waals surface area contributed by atoms with E-state index in [9.17, 15) is 28.4 Å². The van der Waals surface area contributed by atoms with E-state index in [-0.39, 0.29) is 39.8 Å². The third-order valence-electron chi connectivity index (χ3n) is 9.07. The van der Waals surface area contributed by atoms with Gasteiger partial charge in [0, 0.05) is 18.0 Å². The Morgan fingerprint density at radius 2 is 1.80 bits per heavy atom. The number of phosphoric acid groups is 1. The number of nitrogens with one attached hydrogen (secondary N) is 1. The molecule has 2 fully saturated rings. The average Bonchev–Trinajstić information content (AvgIpc) is 3.89. The molecule has 3 aromatic heterocycles. The molecule has 0 saturated carbocycles. The maximum absolute atomic E-state index is 16.6. The number of phosphoric ester groups is 1. The number of H-pyrrole nitrogens is 1. The quantitative estimate of drug-likeness (QED) is 0.0564. The Kier molecular flexibility index (Phi) is 11.4. The highest BCUT2D eigenvalue weighted by Gasteiger charge is 2.54. The van der Waals surface area contributed by atoms with Crippen molar-refractivity contribution in [3.05, 3.63) is 117 Å². The van der Waals surface area contributed by atoms with E-state index in [2.05, 4.69) is 19.8 Å². The second-order valence-electron chi connectivity index (χ2n) is 12.9. The van der Waals surface area contributed by atoms with Gasteiger partial charge in [0.1, 0.15) is 48.0 Å². The van der Waals surface area contributed by atoms with Crippen LogP contribution < -0.4 is 26.6 Å². The largest absolute Gasteiger partial charge is 0.527 e. The van der Waals surface area contributed by atoms with Crippen LogP contribution in [0.5, 0.6) is 11.5 Å². The molecule has 0 radical (unpaired) electrons. The van der Waals surface area contributed by atoms with Crippen LogP contribution in [-0.4, -0.2) is 82.5 Å². The average molecular weight is 896 g/mol. The summed E-state index contributed by atoms with van der Waals surface area (Å²) in [6.45, 7) is -5.64. The zero-order valence-corrected chi connectivity index (χ0v) is 32.6. The van der Waals surface area contributed by atoms with E-state index >= 15 is 8.78 Å². The number of imidazole rings is 1. The standard InChI is InChI=1S/C33H29F2N7O15P2S/c34-23-20-11-51-59(49,60-13-16-5-7-17(8-6-16)52-32(44)18-3-1-2-4-19(18)55-46)57-26-21(54-30(24(26)35)42-15-39-25-28(36)37-14-38-29(25)42)12-50-58(47,48)56-27(23)31(53-20)41-10-9-22(43)40-33(41)45/h1-10,12,14-15,20,23-24,26-27,30-31,46H,11,13H2,(H,47,48)(H2,36,37,38)(H,40,43,45)/b21-12-/t20-,23-,24-,26-,27-,30-,31-,59?/m1/s1. The number of benzene rings is 2. The molecule has 3 aliphatic heterocycles. The molecule has 5 N–H and O–H groups in total. The van der Waals surface area contributed by atoms with Gasteiger partial charge in [0.05, 0.1) is 6.61 Å². The van der Waals surface area contributed by atoms with E-state index in [0.717, 1.165) is 29.5 Å². The highest BCUT2D eigenvalue weighted by atomic mass is 32.7. The number of rotatable bonds is 8. The number of halogens is 2. The van der Waals surface area contributed by atoms with Gasteiger partial charge < -0.3 is 29.4 Å². The Balaban J connectivity index is 1.10. The Hall–Kier alpha value is -5.49. The minimum atomic E-state index is -5.39. The second-order valence-corrected chi connectivity index (χ2v) is 18.3. The number of para-hydroxylation sites is 1. The fourth-order valence-electron chi connectivity index (χ4n) is 6.23. The van der Waals surface area contributed by atoms with Crippen LogP contribution in [0.2, 0.25) is 0 Å². The highest BCUT2D eigenvalue weighted by molar-refractivity contribution is 8.54. The number of anilines is 1. The minimum absolute atomic E-state index is 0.0155. The maximum Gasteiger partial charge on any atom is 0.527 e. The molecule has 316 valence electrons. The molecule has 3 aliphatic rings. The number of hydrogen-bond donors (Lipinski definition) is 4. The van der Waals surface area contributed by atoms with Crippen LogP contribution in [0.3, 0.4) is 0 Å². The summed E-state index contributed by atoms with van der Waals surface area (Å²) in [6.07, 6.45) is -10.4.